The number of hydrogen-bond acceptors (Lipinski definition) is 9. The average Bonchev–Trinajstić information content (AvgIpc) is 1.55. The van der Waals surface area contributed by atoms with Crippen LogP contribution < -0.4 is 0 Å². The smallest absolute Gasteiger partial charge is 0.261 e. The lowest BCUT2D eigenvalue weighted by atomic mass is 9.93. The average molecular weight is 1430 g/mol. The molecule has 542 valence electrons. The number of nitrogens with zero attached hydrogens (tertiary/aromatic N) is 4. The number of amides is 2. The largest absolute Gasteiger partial charge is 0.304 e. The number of thiophene rings is 3. The van der Waals surface area contributed by atoms with Gasteiger partial charge < -0.3 is 9.80 Å². The minimum Gasteiger partial charge on any atom is -0.304 e. The summed E-state index contributed by atoms with van der Waals surface area (Å²) in [5.41, 5.74) is 6.95. The van der Waals surface area contributed by atoms with Gasteiger partial charge in [-0.15, -0.1) is 56.7 Å². The number of rotatable bonds is 49. The molecule has 2 atom stereocenters. The van der Waals surface area contributed by atoms with Crippen LogP contribution in [0.5, 0.6) is 0 Å². The third kappa shape index (κ3) is 23.1. The Bertz CT molecular complexity index is 3630. The second kappa shape index (κ2) is 40.7. The van der Waals surface area contributed by atoms with Gasteiger partial charge >= 0.3 is 0 Å². The van der Waals surface area contributed by atoms with E-state index < -0.39 is 0 Å². The molecule has 2 unspecified atom stereocenters. The van der Waals surface area contributed by atoms with Gasteiger partial charge in [-0.25, -0.2) is 9.97 Å². The molecule has 7 heterocycles. The summed E-state index contributed by atoms with van der Waals surface area (Å²) < 4.78 is 2.16. The van der Waals surface area contributed by atoms with E-state index in [1.54, 1.807) is 22.7 Å². The van der Waals surface area contributed by atoms with Crippen LogP contribution in [0.3, 0.4) is 0 Å². The molecule has 99 heavy (non-hydrogen) atoms. The predicted octanol–water partition coefficient (Wildman–Crippen LogP) is 29.4. The fraction of sp³-hybridized carbons (Fsp3) is 0.636. The zero-order valence-electron chi connectivity index (χ0n) is 63.4. The van der Waals surface area contributed by atoms with E-state index in [2.05, 4.69) is 152 Å². The topological polar surface area (TPSA) is 66.4 Å². The number of aromatic nitrogens is 2. The summed E-state index contributed by atoms with van der Waals surface area (Å²) in [4.78, 5) is 56.3. The van der Waals surface area contributed by atoms with Crippen LogP contribution in [0, 0.1) is 11.8 Å². The fourth-order valence-electron chi connectivity index (χ4n) is 15.1. The molecule has 0 spiro atoms. The Hall–Kier alpha value is -4.26. The molecular formula is C88H128N4O2S5. The lowest BCUT2D eigenvalue weighted by Crippen LogP contribution is -2.35. The lowest BCUT2D eigenvalue weighted by molar-refractivity contribution is -0.124. The van der Waals surface area contributed by atoms with E-state index in [1.807, 2.05) is 34.0 Å². The molecule has 5 aromatic heterocycles. The first-order chi connectivity index (χ1) is 48.1. The molecule has 0 N–H and O–H groups in total. The van der Waals surface area contributed by atoms with Gasteiger partial charge in [0, 0.05) is 42.4 Å². The van der Waals surface area contributed by atoms with Crippen LogP contribution in [-0.2, 0) is 20.4 Å². The third-order valence-corrected chi connectivity index (χ3v) is 27.7. The number of carbonyl (C=O) groups is 2. The Labute approximate surface area is 621 Å². The maximum Gasteiger partial charge on any atom is 0.261 e. The van der Waals surface area contributed by atoms with Gasteiger partial charge in [0.15, 0.2) is 0 Å². The molecule has 0 fully saturated rings. The van der Waals surface area contributed by atoms with E-state index in [1.165, 1.54) is 272 Å². The number of hydrogen-bond donors (Lipinski definition) is 0. The van der Waals surface area contributed by atoms with Crippen molar-refractivity contribution < 1.29 is 9.59 Å². The normalized spacial score (nSPS) is 14.5. The summed E-state index contributed by atoms with van der Waals surface area (Å²) in [6.07, 6.45) is 50.9. The number of benzene rings is 2. The van der Waals surface area contributed by atoms with Gasteiger partial charge in [-0.1, -0.05) is 313 Å². The van der Waals surface area contributed by atoms with Crippen molar-refractivity contribution in [1.29, 1.82) is 0 Å². The predicted molar refractivity (Wildman–Crippen MR) is 438 cm³/mol. The summed E-state index contributed by atoms with van der Waals surface area (Å²) in [5.74, 6) is 0.539. The van der Waals surface area contributed by atoms with Crippen molar-refractivity contribution in [2.45, 2.75) is 337 Å². The number of thiazole rings is 2. The van der Waals surface area contributed by atoms with Crippen molar-refractivity contribution in [2.75, 3.05) is 13.1 Å². The molecule has 0 saturated heterocycles. The summed E-state index contributed by atoms with van der Waals surface area (Å²) in [6, 6.07) is 27.1. The van der Waals surface area contributed by atoms with Gasteiger partial charge in [0.2, 0.25) is 0 Å². The van der Waals surface area contributed by atoms with Crippen molar-refractivity contribution >= 4 is 100 Å². The molecule has 0 radical (unpaired) electrons. The molecule has 9 rings (SSSR count). The Kier molecular flexibility index (Phi) is 32.4. The van der Waals surface area contributed by atoms with Crippen LogP contribution in [0.15, 0.2) is 83.9 Å². The highest BCUT2D eigenvalue weighted by atomic mass is 32.1. The summed E-state index contributed by atoms with van der Waals surface area (Å²) >= 11 is 8.96. The zero-order chi connectivity index (χ0) is 70.0. The minimum atomic E-state index is -0.0355. The van der Waals surface area contributed by atoms with Crippen molar-refractivity contribution in [2.24, 2.45) is 11.8 Å². The van der Waals surface area contributed by atoms with E-state index in [4.69, 9.17) is 9.97 Å². The van der Waals surface area contributed by atoms with E-state index in [0.29, 0.717) is 36.1 Å². The van der Waals surface area contributed by atoms with Crippen LogP contribution >= 0.6 is 56.7 Å². The SMILES string of the molecule is CCCCCCCCCCCCC(CCCCCCCCCC)CN1C(=O)C2=C(c3nc4ccc(-c5ccc(C(C)(C)C)s5)cc4s3)N(CC(CCCCCCCCCC)CCCCCCCCCCCC)C(=O)C2=C1c1nc2ccc(-c3ccc(-c4ccc(C(C)(C)C)s4)s3)cc2s1. The van der Waals surface area contributed by atoms with Crippen molar-refractivity contribution in [1.82, 2.24) is 19.8 Å². The molecule has 2 aliphatic heterocycles. The second-order valence-electron chi connectivity index (χ2n) is 31.9. The zero-order valence-corrected chi connectivity index (χ0v) is 67.5. The highest BCUT2D eigenvalue weighted by Gasteiger charge is 2.51. The Balaban J connectivity index is 1.11. The maximum absolute atomic E-state index is 16.6. The molecular weight excluding hydrogens is 1310 g/mol. The van der Waals surface area contributed by atoms with Gasteiger partial charge in [-0.2, -0.15) is 0 Å². The molecule has 2 aliphatic rings. The first kappa shape index (κ1) is 78.9. The Morgan fingerprint density at radius 3 is 0.949 bits per heavy atom. The second-order valence-corrected chi connectivity index (χ2v) is 37.2. The monoisotopic (exact) mass is 1430 g/mol. The van der Waals surface area contributed by atoms with E-state index in [-0.39, 0.29) is 22.6 Å². The van der Waals surface area contributed by atoms with Crippen LogP contribution in [0.1, 0.15) is 346 Å². The number of unbranched alkanes of at least 4 members (excludes halogenated alkanes) is 32. The quantitative estimate of drug-likeness (QED) is 0.0357. The molecule has 7 aromatic rings. The molecule has 2 aromatic carbocycles. The minimum absolute atomic E-state index is 0.0355. The highest BCUT2D eigenvalue weighted by molar-refractivity contribution is 7.24. The van der Waals surface area contributed by atoms with E-state index >= 15 is 9.59 Å². The third-order valence-electron chi connectivity index (χ3n) is 21.2. The van der Waals surface area contributed by atoms with Gasteiger partial charge in [-0.05, 0) is 120 Å². The van der Waals surface area contributed by atoms with Crippen LogP contribution in [0.2, 0.25) is 0 Å². The summed E-state index contributed by atoms with van der Waals surface area (Å²) in [5, 5.41) is 1.56. The Morgan fingerprint density at radius 1 is 0.333 bits per heavy atom. The standard InChI is InChI=1S/C88H128N4O2S5/c1-11-15-19-23-27-31-33-37-41-45-49-65(47-43-39-35-29-25-21-17-13-3)63-91-81(83-89-69-53-51-67(61-75(69)98-83)71-55-56-73(95-71)74-58-60-78(97-74)88(8,9)10)79-80(86(91)94)82(84-90-70-54-52-68(62-76(70)99-84)72-57-59-77(96-72)87(5,6)7)92(85(79)93)64-66(48-44-40-36-30-26-22-18-14-4)50-46-42-38-34-32-28-24-20-16-12-2/h51-62,65-66H,11-50,63-64H2,1-10H3. The molecule has 0 bridgehead atoms. The Morgan fingerprint density at radius 2 is 0.616 bits per heavy atom. The highest BCUT2D eigenvalue weighted by Crippen LogP contribution is 2.51. The van der Waals surface area contributed by atoms with Gasteiger partial charge in [0.25, 0.3) is 11.8 Å². The summed E-state index contributed by atoms with van der Waals surface area (Å²) in [7, 11) is 0. The molecule has 6 nitrogen and oxygen atoms in total. The van der Waals surface area contributed by atoms with Crippen molar-refractivity contribution in [3.63, 3.8) is 0 Å². The fourth-order valence-corrected chi connectivity index (χ4v) is 20.4. The molecule has 11 heteroatoms. The molecule has 2 amide bonds. The first-order valence-corrected chi connectivity index (χ1v) is 44.4. The van der Waals surface area contributed by atoms with Crippen LogP contribution in [0.4, 0.5) is 0 Å². The lowest BCUT2D eigenvalue weighted by Gasteiger charge is -2.29. The first-order valence-electron chi connectivity index (χ1n) is 40.4. The van der Waals surface area contributed by atoms with E-state index in [9.17, 15) is 0 Å². The van der Waals surface area contributed by atoms with Crippen molar-refractivity contribution in [3.05, 3.63) is 104 Å². The molecule has 0 saturated carbocycles. The van der Waals surface area contributed by atoms with Crippen LogP contribution in [-0.4, -0.2) is 44.7 Å². The number of fused-ring (bicyclic) bond motifs is 3. The van der Waals surface area contributed by atoms with Crippen molar-refractivity contribution in [3.8, 4) is 30.6 Å². The van der Waals surface area contributed by atoms with Gasteiger partial charge in [0.1, 0.15) is 10.0 Å². The van der Waals surface area contributed by atoms with Gasteiger partial charge in [-0.3, -0.25) is 9.59 Å². The van der Waals surface area contributed by atoms with Gasteiger partial charge in [0.05, 0.1) is 43.0 Å². The van der Waals surface area contributed by atoms with Crippen LogP contribution in [0.25, 0.3) is 62.5 Å². The summed E-state index contributed by atoms with van der Waals surface area (Å²) in [6.45, 7) is 24.2. The number of carbonyl (C=O) groups excluding carboxylic acids is 2. The maximum atomic E-state index is 16.6. The van der Waals surface area contributed by atoms with E-state index in [0.717, 1.165) is 67.5 Å². The molecule has 0 aliphatic carbocycles.